The van der Waals surface area contributed by atoms with Crippen molar-refractivity contribution in [2.45, 2.75) is 140 Å². The Morgan fingerprint density at radius 2 is 1.56 bits per heavy atom. The Balaban J connectivity index is 1.19. The SMILES string of the molecule is CC1CC2C3CC(C(=O)OC(C)(C)C)C(C3)C2OC1CC(C)(C(=O)OC12CC3CC(O)(CC(O)(C3)C1)C2)C(F)(F)F. The molecule has 10 atom stereocenters. The van der Waals surface area contributed by atoms with Crippen LogP contribution < -0.4 is 0 Å². The van der Waals surface area contributed by atoms with Gasteiger partial charge in [0.25, 0.3) is 0 Å². The van der Waals surface area contributed by atoms with Crippen LogP contribution in [0.5, 0.6) is 0 Å². The summed E-state index contributed by atoms with van der Waals surface area (Å²) in [6, 6.07) is 0. The fourth-order valence-electron chi connectivity index (χ4n) is 10.1. The highest BCUT2D eigenvalue weighted by atomic mass is 19.4. The van der Waals surface area contributed by atoms with Crippen LogP contribution in [0.2, 0.25) is 0 Å². The molecule has 6 aliphatic carbocycles. The van der Waals surface area contributed by atoms with Gasteiger partial charge in [-0.25, -0.2) is 0 Å². The number of esters is 2. The van der Waals surface area contributed by atoms with Crippen LogP contribution in [0.3, 0.4) is 0 Å². The maximum atomic E-state index is 14.8. The van der Waals surface area contributed by atoms with Gasteiger partial charge in [-0.3, -0.25) is 9.59 Å². The van der Waals surface area contributed by atoms with Gasteiger partial charge in [0, 0.05) is 19.3 Å². The molecule has 1 saturated heterocycles. The molecule has 0 aromatic heterocycles. The van der Waals surface area contributed by atoms with Crippen molar-refractivity contribution in [2.24, 2.45) is 40.9 Å². The van der Waals surface area contributed by atoms with Crippen LogP contribution in [-0.2, 0) is 23.8 Å². The van der Waals surface area contributed by atoms with Crippen molar-refractivity contribution >= 4 is 11.9 Å². The van der Waals surface area contributed by atoms with Gasteiger partial charge in [0.05, 0.1) is 29.3 Å². The summed E-state index contributed by atoms with van der Waals surface area (Å²) in [6.45, 7) is 8.22. The standard InChI is InChI=1S/C31H45F3O7/c1-16-6-19-18-7-20(21(8-18)24(35)40-26(2,3)4)23(19)39-22(16)12-27(5,31(32,33)34)25(36)41-30-11-17-9-28(37,14-30)13-29(38,10-17)15-30/h16-23,37-38H,6-15H2,1-5H3. The molecular formula is C31H45F3O7. The summed E-state index contributed by atoms with van der Waals surface area (Å²) in [5.41, 5.74) is -7.21. The second-order valence-corrected chi connectivity index (χ2v) is 16.1. The minimum atomic E-state index is -4.89. The lowest BCUT2D eigenvalue weighted by Gasteiger charge is -2.62. The van der Waals surface area contributed by atoms with Crippen LogP contribution >= 0.6 is 0 Å². The molecule has 1 heterocycles. The van der Waals surface area contributed by atoms with E-state index in [-0.39, 0.29) is 66.8 Å². The molecule has 10 heteroatoms. The zero-order chi connectivity index (χ0) is 30.0. The largest absolute Gasteiger partial charge is 0.460 e. The third kappa shape index (κ3) is 5.01. The first-order valence-electron chi connectivity index (χ1n) is 15.4. The first kappa shape index (κ1) is 29.7. The average molecular weight is 587 g/mol. The molecule has 7 aliphatic rings. The van der Waals surface area contributed by atoms with Gasteiger partial charge >= 0.3 is 18.1 Å². The predicted octanol–water partition coefficient (Wildman–Crippen LogP) is 5.09. The number of hydrogen-bond donors (Lipinski definition) is 2. The molecule has 0 spiro atoms. The maximum absolute atomic E-state index is 14.8. The zero-order valence-corrected chi connectivity index (χ0v) is 24.8. The molecule has 10 unspecified atom stereocenters. The molecule has 0 amide bonds. The van der Waals surface area contributed by atoms with Gasteiger partial charge in [-0.2, -0.15) is 13.2 Å². The lowest BCUT2D eigenvalue weighted by atomic mass is 9.50. The highest BCUT2D eigenvalue weighted by molar-refractivity contribution is 5.78. The Labute approximate surface area is 239 Å². The fourth-order valence-corrected chi connectivity index (χ4v) is 10.1. The van der Waals surface area contributed by atoms with Crippen molar-refractivity contribution in [3.8, 4) is 0 Å². The number of ether oxygens (including phenoxy) is 3. The molecule has 0 aromatic rings. The maximum Gasteiger partial charge on any atom is 0.404 e. The topological polar surface area (TPSA) is 102 Å². The Kier molecular flexibility index (Phi) is 6.56. The summed E-state index contributed by atoms with van der Waals surface area (Å²) in [5, 5.41) is 22.1. The number of carbonyl (C=O) groups excluding carboxylic acids is 2. The minimum Gasteiger partial charge on any atom is -0.460 e. The smallest absolute Gasteiger partial charge is 0.404 e. The normalized spacial score (nSPS) is 48.0. The van der Waals surface area contributed by atoms with E-state index < -0.39 is 52.5 Å². The van der Waals surface area contributed by atoms with E-state index in [0.717, 1.165) is 19.8 Å². The van der Waals surface area contributed by atoms with Crippen LogP contribution in [0.25, 0.3) is 0 Å². The Bertz CT molecular complexity index is 1080. The van der Waals surface area contributed by atoms with Gasteiger partial charge < -0.3 is 24.4 Å². The number of carbonyl (C=O) groups is 2. The van der Waals surface area contributed by atoms with Gasteiger partial charge in [0.1, 0.15) is 11.2 Å². The number of alkyl halides is 3. The fraction of sp³-hybridized carbons (Fsp3) is 0.935. The van der Waals surface area contributed by atoms with E-state index in [1.807, 2.05) is 27.7 Å². The molecule has 41 heavy (non-hydrogen) atoms. The van der Waals surface area contributed by atoms with Crippen molar-refractivity contribution in [2.75, 3.05) is 0 Å². The zero-order valence-electron chi connectivity index (χ0n) is 24.8. The van der Waals surface area contributed by atoms with E-state index in [1.54, 1.807) is 0 Å². The van der Waals surface area contributed by atoms with Crippen LogP contribution in [0.4, 0.5) is 13.2 Å². The highest BCUT2D eigenvalue weighted by Gasteiger charge is 2.68. The molecule has 7 rings (SSSR count). The Hall–Kier alpha value is -1.39. The van der Waals surface area contributed by atoms with Crippen molar-refractivity contribution in [3.63, 3.8) is 0 Å². The monoisotopic (exact) mass is 586 g/mol. The second kappa shape index (κ2) is 9.07. The lowest BCUT2D eigenvalue weighted by molar-refractivity contribution is -0.281. The van der Waals surface area contributed by atoms with Crippen molar-refractivity contribution in [1.82, 2.24) is 0 Å². The van der Waals surface area contributed by atoms with Crippen LogP contribution in [-0.4, -0.2) is 62.9 Å². The Morgan fingerprint density at radius 1 is 0.927 bits per heavy atom. The first-order valence-corrected chi connectivity index (χ1v) is 15.4. The quantitative estimate of drug-likeness (QED) is 0.433. The van der Waals surface area contributed by atoms with Crippen LogP contribution in [0.15, 0.2) is 0 Å². The number of rotatable bonds is 5. The molecule has 1 aliphatic heterocycles. The van der Waals surface area contributed by atoms with Crippen molar-refractivity contribution in [1.29, 1.82) is 0 Å². The molecule has 0 aromatic carbocycles. The third-order valence-corrected chi connectivity index (χ3v) is 11.4. The van der Waals surface area contributed by atoms with Gasteiger partial charge in [-0.15, -0.1) is 0 Å². The molecule has 7 nitrogen and oxygen atoms in total. The van der Waals surface area contributed by atoms with E-state index >= 15 is 0 Å². The lowest BCUT2D eigenvalue weighted by Crippen LogP contribution is -2.67. The summed E-state index contributed by atoms with van der Waals surface area (Å²) >= 11 is 0. The van der Waals surface area contributed by atoms with E-state index in [4.69, 9.17) is 14.2 Å². The van der Waals surface area contributed by atoms with E-state index in [1.165, 1.54) is 0 Å². The van der Waals surface area contributed by atoms with Gasteiger partial charge in [-0.05, 0) is 102 Å². The molecule has 0 radical (unpaired) electrons. The summed E-state index contributed by atoms with van der Waals surface area (Å²) in [4.78, 5) is 26.5. The van der Waals surface area contributed by atoms with Crippen molar-refractivity contribution in [3.05, 3.63) is 0 Å². The van der Waals surface area contributed by atoms with Gasteiger partial charge in [0.15, 0.2) is 5.41 Å². The van der Waals surface area contributed by atoms with Crippen LogP contribution in [0, 0.1) is 40.9 Å². The predicted molar refractivity (Wildman–Crippen MR) is 140 cm³/mol. The number of hydrogen-bond acceptors (Lipinski definition) is 7. The Morgan fingerprint density at radius 3 is 2.12 bits per heavy atom. The van der Waals surface area contributed by atoms with Crippen LogP contribution in [0.1, 0.15) is 98.8 Å². The van der Waals surface area contributed by atoms with Gasteiger partial charge in [-0.1, -0.05) is 6.92 Å². The second-order valence-electron chi connectivity index (χ2n) is 16.1. The summed E-state index contributed by atoms with van der Waals surface area (Å²) < 4.78 is 62.2. The number of halogens is 3. The van der Waals surface area contributed by atoms with Crippen molar-refractivity contribution < 1.29 is 47.2 Å². The molecular weight excluding hydrogens is 541 g/mol. The number of aliphatic hydroxyl groups is 2. The summed E-state index contributed by atoms with van der Waals surface area (Å²) in [5.74, 6) is -1.92. The molecule has 7 fully saturated rings. The molecule has 232 valence electrons. The average Bonchev–Trinajstić information content (AvgIpc) is 3.34. The van der Waals surface area contributed by atoms with Gasteiger partial charge in [0.2, 0.25) is 0 Å². The summed E-state index contributed by atoms with van der Waals surface area (Å²) in [6.07, 6.45) is -2.90. The molecule has 6 saturated carbocycles. The third-order valence-electron chi connectivity index (χ3n) is 11.4. The highest BCUT2D eigenvalue weighted by Crippen LogP contribution is 2.62. The minimum absolute atomic E-state index is 0.0493. The molecule has 2 N–H and O–H groups in total. The van der Waals surface area contributed by atoms with E-state index in [0.29, 0.717) is 25.7 Å². The number of fused-ring (bicyclic) bond motifs is 5. The summed E-state index contributed by atoms with van der Waals surface area (Å²) in [7, 11) is 0. The van der Waals surface area contributed by atoms with E-state index in [2.05, 4.69) is 0 Å². The molecule has 6 bridgehead atoms. The first-order chi connectivity index (χ1) is 18.7. The van der Waals surface area contributed by atoms with E-state index in [9.17, 15) is 33.0 Å².